The third-order valence-corrected chi connectivity index (χ3v) is 5.58. The van der Waals surface area contributed by atoms with Crippen LogP contribution < -0.4 is 0 Å². The Morgan fingerprint density at radius 1 is 1.25 bits per heavy atom. The molecule has 1 heterocycles. The van der Waals surface area contributed by atoms with Gasteiger partial charge in [-0.3, -0.25) is 0 Å². The number of benzene rings is 1. The van der Waals surface area contributed by atoms with E-state index in [1.165, 1.54) is 16.0 Å². The van der Waals surface area contributed by atoms with Gasteiger partial charge in [0.2, 0.25) is 0 Å². The molecule has 1 aromatic carbocycles. The Morgan fingerprint density at radius 2 is 2.00 bits per heavy atom. The van der Waals surface area contributed by atoms with Crippen LogP contribution in [-0.2, 0) is 0 Å². The summed E-state index contributed by atoms with van der Waals surface area (Å²) in [5, 5.41) is 0. The highest BCUT2D eigenvalue weighted by Crippen LogP contribution is 2.39. The van der Waals surface area contributed by atoms with Crippen LogP contribution in [0.25, 0.3) is 0 Å². The monoisotopic (exact) mass is 378 g/mol. The molecule has 1 atom stereocenters. The van der Waals surface area contributed by atoms with Crippen molar-refractivity contribution in [3.8, 4) is 0 Å². The third-order valence-electron chi connectivity index (χ3n) is 2.27. The van der Waals surface area contributed by atoms with E-state index in [9.17, 15) is 0 Å². The largest absolute Gasteiger partial charge is 0.127 e. The van der Waals surface area contributed by atoms with Crippen LogP contribution in [0.4, 0.5) is 0 Å². The van der Waals surface area contributed by atoms with Gasteiger partial charge in [0.1, 0.15) is 0 Å². The molecule has 0 aliphatic carbocycles. The van der Waals surface area contributed by atoms with Gasteiger partial charge in [-0.1, -0.05) is 61.2 Å². The first-order valence-corrected chi connectivity index (χ1v) is 7.63. The average molecular weight is 381 g/mol. The van der Waals surface area contributed by atoms with Crippen molar-refractivity contribution in [2.45, 2.75) is 11.8 Å². The quantitative estimate of drug-likeness (QED) is 0.564. The van der Waals surface area contributed by atoms with Crippen molar-refractivity contribution >= 4 is 54.8 Å². The fourth-order valence-electron chi connectivity index (χ4n) is 1.48. The molecule has 2 rings (SSSR count). The smallest absolute Gasteiger partial charge is 0.0931 e. The van der Waals surface area contributed by atoms with Crippen molar-refractivity contribution in [1.82, 2.24) is 0 Å². The number of thiophene rings is 1. The minimum absolute atomic E-state index is 0.194. The first-order chi connectivity index (χ1) is 7.58. The zero-order valence-electron chi connectivity index (χ0n) is 8.51. The van der Waals surface area contributed by atoms with Crippen molar-refractivity contribution in [3.05, 3.63) is 55.1 Å². The number of halogens is 3. The maximum absolute atomic E-state index is 5.95. The van der Waals surface area contributed by atoms with E-state index in [1.54, 1.807) is 11.3 Å². The maximum Gasteiger partial charge on any atom is 0.0931 e. The first-order valence-electron chi connectivity index (χ1n) is 4.73. The molecule has 1 unspecified atom stereocenters. The molecule has 0 spiro atoms. The summed E-state index contributed by atoms with van der Waals surface area (Å²) in [4.78, 5) is 1.41. The molecule has 0 nitrogen and oxygen atoms in total. The molecule has 0 fully saturated rings. The molecule has 0 N–H and O–H groups in total. The van der Waals surface area contributed by atoms with Gasteiger partial charge in [0.05, 0.1) is 9.16 Å². The zero-order chi connectivity index (χ0) is 11.7. The van der Waals surface area contributed by atoms with E-state index in [0.717, 1.165) is 8.81 Å². The highest BCUT2D eigenvalue weighted by atomic mass is 79.9. The molecule has 0 bridgehead atoms. The second-order valence-electron chi connectivity index (χ2n) is 3.53. The molecule has 84 valence electrons. The SMILES string of the molecule is Cc1ccc(Br)c(C(Br)c2ccc(Cl)s2)c1. The number of alkyl halides is 1. The molecule has 4 heteroatoms. The predicted octanol–water partition coefficient (Wildman–Crippen LogP) is 5.96. The molecule has 0 amide bonds. The topological polar surface area (TPSA) is 0 Å². The second-order valence-corrected chi connectivity index (χ2v) is 7.05. The summed E-state index contributed by atoms with van der Waals surface area (Å²) < 4.78 is 1.94. The summed E-state index contributed by atoms with van der Waals surface area (Å²) in [6.07, 6.45) is 0. The van der Waals surface area contributed by atoms with Crippen LogP contribution in [0.2, 0.25) is 4.34 Å². The lowest BCUT2D eigenvalue weighted by molar-refractivity contribution is 1.19. The van der Waals surface area contributed by atoms with Gasteiger partial charge in [-0.15, -0.1) is 11.3 Å². The Balaban J connectivity index is 2.40. The van der Waals surface area contributed by atoms with E-state index in [1.807, 2.05) is 6.07 Å². The highest BCUT2D eigenvalue weighted by molar-refractivity contribution is 9.11. The standard InChI is InChI=1S/C12H9Br2ClS/c1-7-2-3-9(13)8(6-7)12(14)10-4-5-11(15)16-10/h2-6,12H,1H3. The Morgan fingerprint density at radius 3 is 2.62 bits per heavy atom. The van der Waals surface area contributed by atoms with Crippen LogP contribution in [0.15, 0.2) is 34.8 Å². The average Bonchev–Trinajstić information content (AvgIpc) is 2.67. The van der Waals surface area contributed by atoms with Crippen molar-refractivity contribution in [1.29, 1.82) is 0 Å². The molecular weight excluding hydrogens is 371 g/mol. The minimum atomic E-state index is 0.194. The molecule has 1 aromatic heterocycles. The van der Waals surface area contributed by atoms with Crippen LogP contribution in [-0.4, -0.2) is 0 Å². The minimum Gasteiger partial charge on any atom is -0.127 e. The first kappa shape index (κ1) is 12.6. The second kappa shape index (κ2) is 5.21. The summed E-state index contributed by atoms with van der Waals surface area (Å²) >= 11 is 14.8. The van der Waals surface area contributed by atoms with Gasteiger partial charge in [0, 0.05) is 9.35 Å². The lowest BCUT2D eigenvalue weighted by Crippen LogP contribution is -1.92. The van der Waals surface area contributed by atoms with Gasteiger partial charge in [0.15, 0.2) is 0 Å². The Bertz CT molecular complexity index is 507. The summed E-state index contributed by atoms with van der Waals surface area (Å²) in [5.41, 5.74) is 2.49. The van der Waals surface area contributed by atoms with Crippen LogP contribution in [0.3, 0.4) is 0 Å². The van der Waals surface area contributed by atoms with Gasteiger partial charge < -0.3 is 0 Å². The van der Waals surface area contributed by atoms with Gasteiger partial charge >= 0.3 is 0 Å². The Kier molecular flexibility index (Phi) is 4.11. The van der Waals surface area contributed by atoms with Crippen LogP contribution in [0.5, 0.6) is 0 Å². The predicted molar refractivity (Wildman–Crippen MR) is 79.0 cm³/mol. The summed E-state index contributed by atoms with van der Waals surface area (Å²) in [6.45, 7) is 2.09. The zero-order valence-corrected chi connectivity index (χ0v) is 13.3. The fraction of sp³-hybridized carbons (Fsp3) is 0.167. The van der Waals surface area contributed by atoms with Gasteiger partial charge in [0.25, 0.3) is 0 Å². The van der Waals surface area contributed by atoms with Crippen LogP contribution in [0, 0.1) is 6.92 Å². The number of rotatable bonds is 2. The van der Waals surface area contributed by atoms with E-state index >= 15 is 0 Å². The normalized spacial score (nSPS) is 12.8. The van der Waals surface area contributed by atoms with Crippen LogP contribution in [0.1, 0.15) is 20.8 Å². The van der Waals surface area contributed by atoms with E-state index < -0.39 is 0 Å². The lowest BCUT2D eigenvalue weighted by atomic mass is 10.1. The van der Waals surface area contributed by atoms with Crippen molar-refractivity contribution in [2.75, 3.05) is 0 Å². The summed E-state index contributed by atoms with van der Waals surface area (Å²) in [5.74, 6) is 0. The number of aryl methyl sites for hydroxylation is 1. The van der Waals surface area contributed by atoms with Gasteiger partial charge in [-0.2, -0.15) is 0 Å². The van der Waals surface area contributed by atoms with Crippen molar-refractivity contribution < 1.29 is 0 Å². The Labute approximate surface area is 121 Å². The van der Waals surface area contributed by atoms with E-state index in [-0.39, 0.29) is 4.83 Å². The number of hydrogen-bond donors (Lipinski definition) is 0. The molecule has 0 aliphatic heterocycles. The summed E-state index contributed by atoms with van der Waals surface area (Å²) in [7, 11) is 0. The molecule has 2 aromatic rings. The fourth-order valence-corrected chi connectivity index (χ4v) is 4.13. The maximum atomic E-state index is 5.95. The molecular formula is C12H9Br2ClS. The van der Waals surface area contributed by atoms with E-state index in [4.69, 9.17) is 11.6 Å². The van der Waals surface area contributed by atoms with Crippen molar-refractivity contribution in [2.24, 2.45) is 0 Å². The number of hydrogen-bond acceptors (Lipinski definition) is 1. The van der Waals surface area contributed by atoms with Crippen LogP contribution >= 0.6 is 54.8 Å². The molecule has 0 aliphatic rings. The highest BCUT2D eigenvalue weighted by Gasteiger charge is 2.15. The molecule has 0 radical (unpaired) electrons. The third kappa shape index (κ3) is 2.70. The molecule has 16 heavy (non-hydrogen) atoms. The van der Waals surface area contributed by atoms with Crippen molar-refractivity contribution in [3.63, 3.8) is 0 Å². The molecule has 0 saturated heterocycles. The van der Waals surface area contributed by atoms with E-state index in [2.05, 4.69) is 63.0 Å². The van der Waals surface area contributed by atoms with Gasteiger partial charge in [-0.25, -0.2) is 0 Å². The summed E-state index contributed by atoms with van der Waals surface area (Å²) in [6, 6.07) is 10.3. The molecule has 0 saturated carbocycles. The lowest BCUT2D eigenvalue weighted by Gasteiger charge is -2.11. The Hall–Kier alpha value is 0.170. The van der Waals surface area contributed by atoms with Gasteiger partial charge in [-0.05, 0) is 30.7 Å². The van der Waals surface area contributed by atoms with E-state index in [0.29, 0.717) is 0 Å².